The van der Waals surface area contributed by atoms with Crippen molar-refractivity contribution in [1.82, 2.24) is 0 Å². The summed E-state index contributed by atoms with van der Waals surface area (Å²) in [4.78, 5) is 4.76. The molecule has 1 unspecified atom stereocenters. The van der Waals surface area contributed by atoms with Crippen LogP contribution in [0.1, 0.15) is 65.5 Å². The van der Waals surface area contributed by atoms with Gasteiger partial charge in [0.25, 0.3) is 0 Å². The van der Waals surface area contributed by atoms with Gasteiger partial charge in [-0.25, -0.2) is 0 Å². The lowest BCUT2D eigenvalue weighted by atomic mass is 9.75. The number of fused-ring (bicyclic) bond motifs is 3. The number of allylic oxidation sites excluding steroid dienone is 10. The highest BCUT2D eigenvalue weighted by molar-refractivity contribution is 5.92. The molecule has 4 nitrogen and oxygen atoms in total. The molecule has 0 spiro atoms. The van der Waals surface area contributed by atoms with E-state index in [4.69, 9.17) is 0 Å². The summed E-state index contributed by atoms with van der Waals surface area (Å²) in [5.41, 5.74) is 17.4. The van der Waals surface area contributed by atoms with Crippen molar-refractivity contribution in [3.63, 3.8) is 0 Å². The largest absolute Gasteiger partial charge is 0.314 e. The number of rotatable bonds is 9. The zero-order valence-corrected chi connectivity index (χ0v) is 33.0. The second-order valence-corrected chi connectivity index (χ2v) is 15.0. The predicted octanol–water partition coefficient (Wildman–Crippen LogP) is 14.5. The molecule has 0 saturated heterocycles. The normalized spacial score (nSPS) is 15.2. The van der Waals surface area contributed by atoms with Crippen molar-refractivity contribution in [1.29, 1.82) is 10.5 Å². The molecule has 0 aliphatic heterocycles. The van der Waals surface area contributed by atoms with Gasteiger partial charge in [0.15, 0.2) is 0 Å². The Morgan fingerprint density at radius 2 is 1.25 bits per heavy atom. The quantitative estimate of drug-likeness (QED) is 0.147. The van der Waals surface area contributed by atoms with Gasteiger partial charge in [0.1, 0.15) is 0 Å². The molecular formula is C55H42N4. The van der Waals surface area contributed by atoms with Crippen molar-refractivity contribution >= 4 is 46.2 Å². The molecule has 0 fully saturated rings. The highest BCUT2D eigenvalue weighted by Gasteiger charge is 2.33. The Morgan fingerprint density at radius 1 is 0.610 bits per heavy atom. The van der Waals surface area contributed by atoms with Crippen LogP contribution < -0.4 is 9.80 Å². The molecule has 6 aromatic carbocycles. The molecule has 0 N–H and O–H groups in total. The molecule has 0 heterocycles. The molecule has 4 heteroatoms. The first-order chi connectivity index (χ1) is 29.1. The second kappa shape index (κ2) is 16.4. The second-order valence-electron chi connectivity index (χ2n) is 15.0. The van der Waals surface area contributed by atoms with Crippen molar-refractivity contribution in [3.8, 4) is 23.3 Å². The average molecular weight is 759 g/mol. The van der Waals surface area contributed by atoms with Crippen LogP contribution in [0.15, 0.2) is 193 Å². The van der Waals surface area contributed by atoms with Gasteiger partial charge in [-0.15, -0.1) is 0 Å². The Kier molecular flexibility index (Phi) is 10.3. The summed E-state index contributed by atoms with van der Waals surface area (Å²) >= 11 is 0. The molecule has 3 aliphatic carbocycles. The Bertz CT molecular complexity index is 2820. The Labute approximate surface area is 347 Å². The molecule has 59 heavy (non-hydrogen) atoms. The van der Waals surface area contributed by atoms with Crippen molar-refractivity contribution in [2.75, 3.05) is 9.80 Å². The van der Waals surface area contributed by atoms with E-state index < -0.39 is 0 Å². The summed E-state index contributed by atoms with van der Waals surface area (Å²) in [6.45, 7) is 2.08. The molecule has 0 saturated carbocycles. The minimum Gasteiger partial charge on any atom is -0.314 e. The molecule has 282 valence electrons. The molecule has 9 rings (SSSR count). The van der Waals surface area contributed by atoms with Crippen LogP contribution in [0.25, 0.3) is 28.9 Å². The van der Waals surface area contributed by atoms with Crippen LogP contribution in [0.3, 0.4) is 0 Å². The number of hydrogen-bond acceptors (Lipinski definition) is 4. The molecule has 1 atom stereocenters. The van der Waals surface area contributed by atoms with Gasteiger partial charge in [0, 0.05) is 39.7 Å². The summed E-state index contributed by atoms with van der Waals surface area (Å²) < 4.78 is 0. The maximum atomic E-state index is 9.75. The van der Waals surface area contributed by atoms with E-state index >= 15 is 0 Å². The number of para-hydroxylation sites is 2. The third-order valence-corrected chi connectivity index (χ3v) is 11.5. The maximum Gasteiger partial charge on any atom is 0.0991 e. The minimum absolute atomic E-state index is 0.0650. The fourth-order valence-electron chi connectivity index (χ4n) is 8.75. The number of benzene rings is 6. The Balaban J connectivity index is 1.21. The summed E-state index contributed by atoms with van der Waals surface area (Å²) in [5.74, 6) is 0.0650. The number of nitriles is 2. The summed E-state index contributed by atoms with van der Waals surface area (Å²) in [7, 11) is 0. The van der Waals surface area contributed by atoms with E-state index in [1.54, 1.807) is 0 Å². The first-order valence-corrected chi connectivity index (χ1v) is 20.2. The zero-order chi connectivity index (χ0) is 40.1. The first kappa shape index (κ1) is 36.9. The van der Waals surface area contributed by atoms with Crippen LogP contribution in [0, 0.1) is 22.7 Å². The fraction of sp³-hybridized carbons (Fsp3) is 0.0909. The van der Waals surface area contributed by atoms with Crippen LogP contribution >= 0.6 is 0 Å². The highest BCUT2D eigenvalue weighted by atomic mass is 15.2. The lowest BCUT2D eigenvalue weighted by Gasteiger charge is -2.38. The monoisotopic (exact) mass is 758 g/mol. The van der Waals surface area contributed by atoms with Crippen LogP contribution in [0.4, 0.5) is 28.4 Å². The Morgan fingerprint density at radius 3 is 1.92 bits per heavy atom. The third kappa shape index (κ3) is 7.14. The molecule has 0 radical (unpaired) electrons. The topological polar surface area (TPSA) is 54.1 Å². The van der Waals surface area contributed by atoms with Gasteiger partial charge in [-0.3, -0.25) is 0 Å². The smallest absolute Gasteiger partial charge is 0.0991 e. The number of anilines is 5. The van der Waals surface area contributed by atoms with Gasteiger partial charge in [0.05, 0.1) is 40.3 Å². The first-order valence-electron chi connectivity index (χ1n) is 20.2. The van der Waals surface area contributed by atoms with Gasteiger partial charge < -0.3 is 9.80 Å². The molecule has 0 amide bonds. The number of nitrogens with zero attached hydrogens (tertiary/aromatic N) is 4. The maximum absolute atomic E-state index is 9.75. The standard InChI is InChI=1S/C55H42N4/c1-2-13-44-28-35-54(59(46-31-24-40(38-57)25-32-46)53-21-12-10-19-49(53)42-16-7-4-8-17-42)50-34-27-43-26-33-47(36-51(43)55(44)50)58(45-29-22-39(37-56)23-30-45)52-20-11-9-18-48(52)41-14-5-3-6-15-41/h2-7,9-16,18-35,51H,8,17,36H2,1H3/b13-2-. The van der Waals surface area contributed by atoms with Crippen molar-refractivity contribution in [3.05, 3.63) is 227 Å². The van der Waals surface area contributed by atoms with Crippen LogP contribution in [0.5, 0.6) is 0 Å². The molecular weight excluding hydrogens is 717 g/mol. The molecule has 0 bridgehead atoms. The van der Waals surface area contributed by atoms with Crippen molar-refractivity contribution < 1.29 is 0 Å². The number of hydrogen-bond donors (Lipinski definition) is 0. The highest BCUT2D eigenvalue weighted by Crippen LogP contribution is 2.51. The van der Waals surface area contributed by atoms with Crippen molar-refractivity contribution in [2.45, 2.75) is 32.1 Å². The van der Waals surface area contributed by atoms with E-state index in [1.165, 1.54) is 33.4 Å². The minimum atomic E-state index is 0.0650. The van der Waals surface area contributed by atoms with Crippen LogP contribution in [0.2, 0.25) is 0 Å². The zero-order valence-electron chi connectivity index (χ0n) is 33.0. The van der Waals surface area contributed by atoms with E-state index in [2.05, 4.69) is 199 Å². The van der Waals surface area contributed by atoms with E-state index in [-0.39, 0.29) is 5.92 Å². The summed E-state index contributed by atoms with van der Waals surface area (Å²) in [6, 6.07) is 52.9. The molecule has 6 aromatic rings. The van der Waals surface area contributed by atoms with Gasteiger partial charge in [0.2, 0.25) is 0 Å². The lowest BCUT2D eigenvalue weighted by Crippen LogP contribution is -2.23. The van der Waals surface area contributed by atoms with E-state index in [0.29, 0.717) is 11.1 Å². The average Bonchev–Trinajstić information content (AvgIpc) is 3.31. The summed E-state index contributed by atoms with van der Waals surface area (Å²) in [5, 5.41) is 19.5. The molecule has 0 aromatic heterocycles. The predicted molar refractivity (Wildman–Crippen MR) is 245 cm³/mol. The SMILES string of the molecule is C/C=C\c1ccc(N(c2ccc(C#N)cc2)c2ccccc2C2=CC=CCC2)c2c1C1CC(N(c3ccc(C#N)cc3)c3ccccc3-c3ccccc3)=CC=C1C=C2. The lowest BCUT2D eigenvalue weighted by molar-refractivity contribution is 0.759. The fourth-order valence-corrected chi connectivity index (χ4v) is 8.75. The van der Waals surface area contributed by atoms with Gasteiger partial charge >= 0.3 is 0 Å². The Hall–Kier alpha value is -7.66. The van der Waals surface area contributed by atoms with Crippen molar-refractivity contribution in [2.24, 2.45) is 0 Å². The van der Waals surface area contributed by atoms with Gasteiger partial charge in [-0.05, 0) is 127 Å². The third-order valence-electron chi connectivity index (χ3n) is 11.5. The van der Waals surface area contributed by atoms with E-state index in [9.17, 15) is 10.5 Å². The van der Waals surface area contributed by atoms with Gasteiger partial charge in [-0.1, -0.05) is 121 Å². The summed E-state index contributed by atoms with van der Waals surface area (Å²) in [6.07, 6.45) is 22.9. The molecule has 3 aliphatic rings. The van der Waals surface area contributed by atoms with E-state index in [0.717, 1.165) is 64.5 Å². The van der Waals surface area contributed by atoms with Crippen LogP contribution in [-0.2, 0) is 0 Å². The van der Waals surface area contributed by atoms with Crippen LogP contribution in [-0.4, -0.2) is 0 Å². The van der Waals surface area contributed by atoms with E-state index in [1.807, 2.05) is 24.3 Å². The van der Waals surface area contributed by atoms with Gasteiger partial charge in [-0.2, -0.15) is 10.5 Å².